The number of amides is 2. The third kappa shape index (κ3) is 4.68. The molecule has 0 saturated heterocycles. The molecule has 0 bridgehead atoms. The Hall–Kier alpha value is -1.84. The standard InChI is InChI=1S/C13H18N2O2/c1-10(11-6-4-3-5-7-11)8-12(16)15-9-13(17)14-2/h3-7,10H,8-9H2,1-2H3,(H,14,17)(H,15,16). The number of nitrogens with one attached hydrogen (secondary N) is 2. The van der Waals surface area contributed by atoms with E-state index in [0.717, 1.165) is 5.56 Å². The van der Waals surface area contributed by atoms with E-state index in [-0.39, 0.29) is 24.3 Å². The second-order valence-corrected chi connectivity index (χ2v) is 3.97. The molecular formula is C13H18N2O2. The van der Waals surface area contributed by atoms with Crippen LogP contribution in [0.15, 0.2) is 30.3 Å². The van der Waals surface area contributed by atoms with Crippen molar-refractivity contribution >= 4 is 11.8 Å². The van der Waals surface area contributed by atoms with E-state index < -0.39 is 0 Å². The van der Waals surface area contributed by atoms with Crippen LogP contribution >= 0.6 is 0 Å². The molecule has 0 aliphatic rings. The van der Waals surface area contributed by atoms with Gasteiger partial charge in [-0.25, -0.2) is 0 Å². The van der Waals surface area contributed by atoms with Crippen molar-refractivity contribution in [2.75, 3.05) is 13.6 Å². The van der Waals surface area contributed by atoms with E-state index in [2.05, 4.69) is 10.6 Å². The molecule has 1 unspecified atom stereocenters. The molecule has 1 atom stereocenters. The summed E-state index contributed by atoms with van der Waals surface area (Å²) in [6.45, 7) is 2.03. The molecule has 0 radical (unpaired) electrons. The van der Waals surface area contributed by atoms with Gasteiger partial charge < -0.3 is 10.6 Å². The molecule has 17 heavy (non-hydrogen) atoms. The van der Waals surface area contributed by atoms with Crippen LogP contribution in [0, 0.1) is 0 Å². The van der Waals surface area contributed by atoms with E-state index in [4.69, 9.17) is 0 Å². The first-order valence-electron chi connectivity index (χ1n) is 5.65. The minimum atomic E-state index is -0.189. The summed E-state index contributed by atoms with van der Waals surface area (Å²) in [5.41, 5.74) is 1.13. The number of rotatable bonds is 5. The topological polar surface area (TPSA) is 58.2 Å². The van der Waals surface area contributed by atoms with Gasteiger partial charge in [0.25, 0.3) is 0 Å². The molecule has 92 valence electrons. The molecule has 1 aromatic carbocycles. The third-order valence-electron chi connectivity index (χ3n) is 2.59. The van der Waals surface area contributed by atoms with Crippen molar-refractivity contribution in [1.82, 2.24) is 10.6 Å². The van der Waals surface area contributed by atoms with Crippen LogP contribution in [0.2, 0.25) is 0 Å². The Morgan fingerprint density at radius 3 is 2.41 bits per heavy atom. The molecule has 0 aromatic heterocycles. The SMILES string of the molecule is CNC(=O)CNC(=O)CC(C)c1ccccc1. The maximum absolute atomic E-state index is 11.6. The highest BCUT2D eigenvalue weighted by Gasteiger charge is 2.11. The van der Waals surface area contributed by atoms with Crippen molar-refractivity contribution in [1.29, 1.82) is 0 Å². The Bertz CT molecular complexity index is 376. The zero-order valence-electron chi connectivity index (χ0n) is 10.2. The van der Waals surface area contributed by atoms with Crippen molar-refractivity contribution < 1.29 is 9.59 Å². The van der Waals surface area contributed by atoms with E-state index in [0.29, 0.717) is 6.42 Å². The monoisotopic (exact) mass is 234 g/mol. The summed E-state index contributed by atoms with van der Waals surface area (Å²) in [7, 11) is 1.54. The van der Waals surface area contributed by atoms with Crippen LogP contribution in [0.5, 0.6) is 0 Å². The number of likely N-dealkylation sites (N-methyl/N-ethyl adjacent to an activating group) is 1. The summed E-state index contributed by atoms with van der Waals surface area (Å²) in [6, 6.07) is 9.85. The lowest BCUT2D eigenvalue weighted by molar-refractivity contribution is -0.126. The average molecular weight is 234 g/mol. The molecule has 0 spiro atoms. The third-order valence-corrected chi connectivity index (χ3v) is 2.59. The van der Waals surface area contributed by atoms with Crippen molar-refractivity contribution in [3.63, 3.8) is 0 Å². The van der Waals surface area contributed by atoms with Gasteiger partial charge in [0, 0.05) is 13.5 Å². The van der Waals surface area contributed by atoms with Gasteiger partial charge in [-0.05, 0) is 11.5 Å². The molecule has 2 N–H and O–H groups in total. The Morgan fingerprint density at radius 2 is 1.82 bits per heavy atom. The predicted octanol–water partition coefficient (Wildman–Crippen LogP) is 1.04. The second kappa shape index (κ2) is 6.68. The summed E-state index contributed by atoms with van der Waals surface area (Å²) >= 11 is 0. The largest absolute Gasteiger partial charge is 0.358 e. The van der Waals surface area contributed by atoms with Gasteiger partial charge >= 0.3 is 0 Å². The van der Waals surface area contributed by atoms with Gasteiger partial charge in [0.2, 0.25) is 11.8 Å². The summed E-state index contributed by atoms with van der Waals surface area (Å²) in [6.07, 6.45) is 0.390. The quantitative estimate of drug-likeness (QED) is 0.800. The van der Waals surface area contributed by atoms with Crippen molar-refractivity contribution in [3.05, 3.63) is 35.9 Å². The first-order chi connectivity index (χ1) is 8.13. The highest BCUT2D eigenvalue weighted by Crippen LogP contribution is 2.17. The summed E-state index contributed by atoms with van der Waals surface area (Å²) in [4.78, 5) is 22.5. The Balaban J connectivity index is 2.39. The Morgan fingerprint density at radius 1 is 1.18 bits per heavy atom. The van der Waals surface area contributed by atoms with Gasteiger partial charge in [-0.1, -0.05) is 37.3 Å². The zero-order chi connectivity index (χ0) is 12.7. The molecule has 2 amide bonds. The van der Waals surface area contributed by atoms with Crippen LogP contribution in [-0.4, -0.2) is 25.4 Å². The number of carbonyl (C=O) groups excluding carboxylic acids is 2. The van der Waals surface area contributed by atoms with E-state index >= 15 is 0 Å². The van der Waals surface area contributed by atoms with Crippen LogP contribution < -0.4 is 10.6 Å². The first-order valence-corrected chi connectivity index (χ1v) is 5.65. The summed E-state index contributed by atoms with van der Waals surface area (Å²) in [5.74, 6) is -0.142. The van der Waals surface area contributed by atoms with Gasteiger partial charge in [0.05, 0.1) is 6.54 Å². The summed E-state index contributed by atoms with van der Waals surface area (Å²) < 4.78 is 0. The van der Waals surface area contributed by atoms with Crippen LogP contribution in [-0.2, 0) is 9.59 Å². The molecule has 0 aliphatic carbocycles. The molecule has 0 aliphatic heterocycles. The fourth-order valence-corrected chi connectivity index (χ4v) is 1.52. The van der Waals surface area contributed by atoms with Crippen molar-refractivity contribution in [3.8, 4) is 0 Å². The van der Waals surface area contributed by atoms with E-state index in [1.165, 1.54) is 0 Å². The Kier molecular flexibility index (Phi) is 5.20. The first kappa shape index (κ1) is 13.2. The molecule has 1 rings (SSSR count). The maximum atomic E-state index is 11.6. The second-order valence-electron chi connectivity index (χ2n) is 3.97. The van der Waals surface area contributed by atoms with Crippen molar-refractivity contribution in [2.24, 2.45) is 0 Å². The van der Waals surface area contributed by atoms with Gasteiger partial charge in [-0.2, -0.15) is 0 Å². The molecule has 4 nitrogen and oxygen atoms in total. The molecule has 1 aromatic rings. The lowest BCUT2D eigenvalue weighted by atomic mass is 9.98. The number of benzene rings is 1. The van der Waals surface area contributed by atoms with Gasteiger partial charge in [-0.3, -0.25) is 9.59 Å². The number of hydrogen-bond acceptors (Lipinski definition) is 2. The van der Waals surface area contributed by atoms with Crippen LogP contribution in [0.25, 0.3) is 0 Å². The molecule has 0 saturated carbocycles. The maximum Gasteiger partial charge on any atom is 0.239 e. The zero-order valence-corrected chi connectivity index (χ0v) is 10.2. The Labute approximate surface area is 101 Å². The summed E-state index contributed by atoms with van der Waals surface area (Å²) in [5, 5.41) is 5.03. The van der Waals surface area contributed by atoms with E-state index in [9.17, 15) is 9.59 Å². The van der Waals surface area contributed by atoms with Gasteiger partial charge in [0.15, 0.2) is 0 Å². The smallest absolute Gasteiger partial charge is 0.239 e. The normalized spacial score (nSPS) is 11.6. The number of carbonyl (C=O) groups is 2. The number of hydrogen-bond donors (Lipinski definition) is 2. The molecular weight excluding hydrogens is 216 g/mol. The lowest BCUT2D eigenvalue weighted by Crippen LogP contribution is -2.35. The predicted molar refractivity (Wildman–Crippen MR) is 66.6 cm³/mol. The molecule has 4 heteroatoms. The minimum Gasteiger partial charge on any atom is -0.358 e. The average Bonchev–Trinajstić information content (AvgIpc) is 2.36. The van der Waals surface area contributed by atoms with Crippen LogP contribution in [0.3, 0.4) is 0 Å². The van der Waals surface area contributed by atoms with E-state index in [1.807, 2.05) is 37.3 Å². The lowest BCUT2D eigenvalue weighted by Gasteiger charge is -2.11. The van der Waals surface area contributed by atoms with Crippen molar-refractivity contribution in [2.45, 2.75) is 19.3 Å². The van der Waals surface area contributed by atoms with Gasteiger partial charge in [0.1, 0.15) is 0 Å². The van der Waals surface area contributed by atoms with E-state index in [1.54, 1.807) is 7.05 Å². The molecule has 0 heterocycles. The fraction of sp³-hybridized carbons (Fsp3) is 0.385. The fourth-order valence-electron chi connectivity index (χ4n) is 1.52. The molecule has 0 fully saturated rings. The highest BCUT2D eigenvalue weighted by molar-refractivity contribution is 5.84. The minimum absolute atomic E-state index is 0.0385. The van der Waals surface area contributed by atoms with Crippen LogP contribution in [0.4, 0.5) is 0 Å². The van der Waals surface area contributed by atoms with Crippen LogP contribution in [0.1, 0.15) is 24.8 Å². The van der Waals surface area contributed by atoms with Gasteiger partial charge in [-0.15, -0.1) is 0 Å². The highest BCUT2D eigenvalue weighted by atomic mass is 16.2.